The van der Waals surface area contributed by atoms with Gasteiger partial charge in [-0.15, -0.1) is 0 Å². The van der Waals surface area contributed by atoms with Gasteiger partial charge >= 0.3 is 6.18 Å². The van der Waals surface area contributed by atoms with E-state index < -0.39 is 17.6 Å². The van der Waals surface area contributed by atoms with Crippen molar-refractivity contribution >= 4 is 11.6 Å². The summed E-state index contributed by atoms with van der Waals surface area (Å²) in [6.45, 7) is 0. The number of anilines is 1. The fourth-order valence-electron chi connectivity index (χ4n) is 2.03. The Morgan fingerprint density at radius 2 is 1.67 bits per heavy atom. The summed E-state index contributed by atoms with van der Waals surface area (Å²) in [5.41, 5.74) is 0.219. The average molecular weight is 332 g/mol. The fourth-order valence-corrected chi connectivity index (χ4v) is 2.03. The Hall–Kier alpha value is -3.09. The summed E-state index contributed by atoms with van der Waals surface area (Å²) in [5.74, 6) is -0.398. The van der Waals surface area contributed by atoms with Crippen LogP contribution in [-0.4, -0.2) is 10.9 Å². The van der Waals surface area contributed by atoms with E-state index in [2.05, 4.69) is 10.3 Å². The quantitative estimate of drug-likeness (QED) is 0.762. The average Bonchev–Trinajstić information content (AvgIpc) is 3.05. The number of carbonyl (C=O) groups excluding carboxylic acids is 1. The number of alkyl halides is 3. The number of rotatable bonds is 3. The zero-order chi connectivity index (χ0) is 17.2. The molecule has 0 atom stereocenters. The van der Waals surface area contributed by atoms with Crippen molar-refractivity contribution in [2.75, 3.05) is 5.32 Å². The Kier molecular flexibility index (Phi) is 4.07. The Morgan fingerprint density at radius 3 is 2.29 bits per heavy atom. The fraction of sp³-hybridized carbons (Fsp3) is 0.0588. The molecule has 0 saturated carbocycles. The number of nitrogens with one attached hydrogen (secondary N) is 1. The lowest BCUT2D eigenvalue weighted by Crippen LogP contribution is -2.12. The van der Waals surface area contributed by atoms with Gasteiger partial charge in [0, 0.05) is 11.3 Å². The van der Waals surface area contributed by atoms with Crippen molar-refractivity contribution in [2.24, 2.45) is 0 Å². The van der Waals surface area contributed by atoms with Crippen LogP contribution in [0.1, 0.15) is 16.1 Å². The molecule has 122 valence electrons. The van der Waals surface area contributed by atoms with Crippen LogP contribution in [0.2, 0.25) is 0 Å². The zero-order valence-corrected chi connectivity index (χ0v) is 12.2. The molecule has 0 fully saturated rings. The molecule has 0 unspecified atom stereocenters. The summed E-state index contributed by atoms with van der Waals surface area (Å²) >= 11 is 0. The summed E-state index contributed by atoms with van der Waals surface area (Å²) in [6.07, 6.45) is -3.25. The second-order valence-corrected chi connectivity index (χ2v) is 4.93. The Labute approximate surface area is 134 Å². The molecular formula is C17H11F3N2O2. The van der Waals surface area contributed by atoms with Crippen molar-refractivity contribution in [3.05, 3.63) is 72.1 Å². The summed E-state index contributed by atoms with van der Waals surface area (Å²) in [6, 6.07) is 13.1. The maximum atomic E-state index is 12.5. The molecule has 7 heteroatoms. The minimum absolute atomic E-state index is 0.0359. The molecule has 1 heterocycles. The largest absolute Gasteiger partial charge is 0.444 e. The monoisotopic (exact) mass is 332 g/mol. The first-order valence-corrected chi connectivity index (χ1v) is 6.93. The summed E-state index contributed by atoms with van der Waals surface area (Å²) < 4.78 is 42.8. The van der Waals surface area contributed by atoms with Gasteiger partial charge in [-0.2, -0.15) is 13.2 Å². The number of halogens is 3. The molecule has 0 aliphatic carbocycles. The van der Waals surface area contributed by atoms with Gasteiger partial charge in [0.25, 0.3) is 5.91 Å². The van der Waals surface area contributed by atoms with Gasteiger partial charge in [-0.3, -0.25) is 4.79 Å². The van der Waals surface area contributed by atoms with Crippen LogP contribution in [0.3, 0.4) is 0 Å². The van der Waals surface area contributed by atoms with E-state index in [9.17, 15) is 18.0 Å². The summed E-state index contributed by atoms with van der Waals surface area (Å²) in [4.78, 5) is 16.1. The number of benzene rings is 2. The number of oxazole rings is 1. The third-order valence-electron chi connectivity index (χ3n) is 3.23. The first-order chi connectivity index (χ1) is 11.4. The van der Waals surface area contributed by atoms with Gasteiger partial charge in [-0.25, -0.2) is 4.98 Å². The number of amides is 1. The molecule has 3 rings (SSSR count). The van der Waals surface area contributed by atoms with E-state index in [1.165, 1.54) is 12.1 Å². The van der Waals surface area contributed by atoms with Crippen molar-refractivity contribution in [1.82, 2.24) is 4.98 Å². The van der Waals surface area contributed by atoms with Gasteiger partial charge in [0.05, 0.1) is 5.56 Å². The van der Waals surface area contributed by atoms with E-state index in [4.69, 9.17) is 4.42 Å². The number of hydrogen-bond acceptors (Lipinski definition) is 3. The third-order valence-corrected chi connectivity index (χ3v) is 3.23. The number of aromatic nitrogens is 1. The highest BCUT2D eigenvalue weighted by molar-refractivity contribution is 6.02. The van der Waals surface area contributed by atoms with Crippen LogP contribution < -0.4 is 5.32 Å². The van der Waals surface area contributed by atoms with E-state index in [0.29, 0.717) is 11.3 Å². The normalized spacial score (nSPS) is 11.3. The van der Waals surface area contributed by atoms with Crippen LogP contribution >= 0.6 is 0 Å². The molecule has 4 nitrogen and oxygen atoms in total. The number of carbonyl (C=O) groups is 1. The van der Waals surface area contributed by atoms with Gasteiger partial charge in [-0.05, 0) is 36.4 Å². The molecular weight excluding hydrogens is 321 g/mol. The van der Waals surface area contributed by atoms with E-state index in [-0.39, 0.29) is 11.6 Å². The Bertz CT molecular complexity index is 840. The number of nitrogens with zero attached hydrogens (tertiary/aromatic N) is 1. The smallest absolute Gasteiger partial charge is 0.416 e. The number of hydrogen-bond donors (Lipinski definition) is 1. The van der Waals surface area contributed by atoms with Crippen LogP contribution in [-0.2, 0) is 6.18 Å². The molecule has 0 radical (unpaired) electrons. The third kappa shape index (κ3) is 3.45. The lowest BCUT2D eigenvalue weighted by Gasteiger charge is -2.06. The molecule has 1 N–H and O–H groups in total. The molecule has 0 aliphatic heterocycles. The topological polar surface area (TPSA) is 55.1 Å². The van der Waals surface area contributed by atoms with Gasteiger partial charge in [0.15, 0.2) is 5.69 Å². The van der Waals surface area contributed by atoms with Crippen molar-refractivity contribution in [3.63, 3.8) is 0 Å². The minimum Gasteiger partial charge on any atom is -0.444 e. The van der Waals surface area contributed by atoms with Crippen LogP contribution in [0.15, 0.2) is 65.3 Å². The van der Waals surface area contributed by atoms with Gasteiger partial charge < -0.3 is 9.73 Å². The second-order valence-electron chi connectivity index (χ2n) is 4.93. The van der Waals surface area contributed by atoms with Crippen LogP contribution in [0.5, 0.6) is 0 Å². The second kappa shape index (κ2) is 6.19. The van der Waals surface area contributed by atoms with Crippen molar-refractivity contribution in [3.8, 4) is 11.5 Å². The molecule has 0 bridgehead atoms. The molecule has 1 aromatic heterocycles. The van der Waals surface area contributed by atoms with E-state index in [1.807, 2.05) is 6.07 Å². The van der Waals surface area contributed by atoms with E-state index in [0.717, 1.165) is 18.4 Å². The predicted octanol–water partition coefficient (Wildman–Crippen LogP) is 4.61. The highest BCUT2D eigenvalue weighted by atomic mass is 19.4. The highest BCUT2D eigenvalue weighted by Gasteiger charge is 2.30. The zero-order valence-electron chi connectivity index (χ0n) is 12.2. The molecule has 24 heavy (non-hydrogen) atoms. The molecule has 2 aromatic carbocycles. The first kappa shape index (κ1) is 15.8. The van der Waals surface area contributed by atoms with E-state index in [1.54, 1.807) is 24.3 Å². The lowest BCUT2D eigenvalue weighted by atomic mass is 10.1. The summed E-state index contributed by atoms with van der Waals surface area (Å²) in [5, 5.41) is 2.64. The number of para-hydroxylation sites is 1. The van der Waals surface area contributed by atoms with Crippen molar-refractivity contribution < 1.29 is 22.4 Å². The highest BCUT2D eigenvalue weighted by Crippen LogP contribution is 2.30. The molecule has 1 amide bonds. The molecule has 0 spiro atoms. The van der Waals surface area contributed by atoms with Gasteiger partial charge in [0.1, 0.15) is 6.26 Å². The van der Waals surface area contributed by atoms with Crippen LogP contribution in [0.25, 0.3) is 11.5 Å². The predicted molar refractivity (Wildman–Crippen MR) is 81.3 cm³/mol. The summed E-state index contributed by atoms with van der Waals surface area (Å²) in [7, 11) is 0. The standard InChI is InChI=1S/C17H11F3N2O2/c18-17(19,20)12-8-6-11(7-9-12)16-22-14(10-24-16)15(23)21-13-4-2-1-3-5-13/h1-10H,(H,21,23). The molecule has 0 aliphatic rings. The minimum atomic E-state index is -4.41. The Balaban J connectivity index is 1.77. The molecule has 3 aromatic rings. The van der Waals surface area contributed by atoms with E-state index >= 15 is 0 Å². The van der Waals surface area contributed by atoms with Crippen molar-refractivity contribution in [1.29, 1.82) is 0 Å². The van der Waals surface area contributed by atoms with Crippen LogP contribution in [0, 0.1) is 0 Å². The maximum absolute atomic E-state index is 12.5. The SMILES string of the molecule is O=C(Nc1ccccc1)c1coc(-c2ccc(C(F)(F)F)cc2)n1. The first-order valence-electron chi connectivity index (χ1n) is 6.93. The van der Waals surface area contributed by atoms with Crippen LogP contribution in [0.4, 0.5) is 18.9 Å². The maximum Gasteiger partial charge on any atom is 0.416 e. The van der Waals surface area contributed by atoms with Crippen molar-refractivity contribution in [2.45, 2.75) is 6.18 Å². The lowest BCUT2D eigenvalue weighted by molar-refractivity contribution is -0.137. The Morgan fingerprint density at radius 1 is 1.00 bits per heavy atom. The van der Waals surface area contributed by atoms with Gasteiger partial charge in [-0.1, -0.05) is 18.2 Å². The molecule has 0 saturated heterocycles. The van der Waals surface area contributed by atoms with Gasteiger partial charge in [0.2, 0.25) is 5.89 Å².